The molecule has 0 aliphatic rings. The third-order valence-corrected chi connectivity index (χ3v) is 2.04. The molecule has 0 aliphatic heterocycles. The zero-order chi connectivity index (χ0) is 9.97. The molecule has 0 fully saturated rings. The highest BCUT2D eigenvalue weighted by atomic mass is 15.3. The highest BCUT2D eigenvalue weighted by molar-refractivity contribution is 5.27. The van der Waals surface area contributed by atoms with Gasteiger partial charge < -0.3 is 5.73 Å². The van der Waals surface area contributed by atoms with Gasteiger partial charge in [-0.05, 0) is 18.5 Å². The van der Waals surface area contributed by atoms with Gasteiger partial charge in [-0.3, -0.25) is 0 Å². The lowest BCUT2D eigenvalue weighted by molar-refractivity contribution is 0.855. The Kier molecular flexibility index (Phi) is 2.41. The molecule has 14 heavy (non-hydrogen) atoms. The zero-order valence-electron chi connectivity index (χ0n) is 8.14. The van der Waals surface area contributed by atoms with E-state index in [4.69, 9.17) is 5.73 Å². The van der Waals surface area contributed by atoms with Gasteiger partial charge in [0.15, 0.2) is 5.82 Å². The number of nitrogens with two attached hydrogens (primary N) is 1. The molecule has 0 aliphatic carbocycles. The van der Waals surface area contributed by atoms with E-state index in [1.165, 1.54) is 0 Å². The molecule has 5 nitrogen and oxygen atoms in total. The predicted octanol–water partition coefficient (Wildman–Crippen LogP) is 0.188. The van der Waals surface area contributed by atoms with E-state index >= 15 is 0 Å². The molecule has 0 atom stereocenters. The van der Waals surface area contributed by atoms with E-state index in [0.717, 1.165) is 24.2 Å². The van der Waals surface area contributed by atoms with E-state index in [1.54, 1.807) is 10.7 Å². The van der Waals surface area contributed by atoms with Crippen molar-refractivity contribution in [1.82, 2.24) is 19.6 Å². The van der Waals surface area contributed by atoms with Gasteiger partial charge >= 0.3 is 0 Å². The molecule has 74 valence electrons. The third kappa shape index (κ3) is 1.58. The molecule has 5 heteroatoms. The highest BCUT2D eigenvalue weighted by Crippen LogP contribution is 2.02. The van der Waals surface area contributed by atoms with Gasteiger partial charge in [-0.15, -0.1) is 5.10 Å². The van der Waals surface area contributed by atoms with Gasteiger partial charge in [0.1, 0.15) is 0 Å². The minimum Gasteiger partial charge on any atom is -0.330 e. The maximum atomic E-state index is 5.46. The number of fused-ring (bicyclic) bond motifs is 1. The SMILES string of the molecule is CCc1nc2ncc(CCN)cn2n1. The Hall–Kier alpha value is -1.49. The molecule has 2 heterocycles. The second-order valence-electron chi connectivity index (χ2n) is 3.13. The molecule has 2 aromatic heterocycles. The first-order valence-electron chi connectivity index (χ1n) is 4.73. The summed E-state index contributed by atoms with van der Waals surface area (Å²) >= 11 is 0. The van der Waals surface area contributed by atoms with E-state index in [1.807, 2.05) is 13.1 Å². The number of aryl methyl sites for hydroxylation is 1. The minimum absolute atomic E-state index is 0.627. The largest absolute Gasteiger partial charge is 0.330 e. The molecule has 0 radical (unpaired) electrons. The van der Waals surface area contributed by atoms with Crippen LogP contribution >= 0.6 is 0 Å². The summed E-state index contributed by atoms with van der Waals surface area (Å²) in [5, 5.41) is 4.28. The topological polar surface area (TPSA) is 69.1 Å². The molecular weight excluding hydrogens is 178 g/mol. The quantitative estimate of drug-likeness (QED) is 0.751. The van der Waals surface area contributed by atoms with Crippen LogP contribution in [0.1, 0.15) is 18.3 Å². The number of hydrogen-bond donors (Lipinski definition) is 1. The molecule has 0 aromatic carbocycles. The lowest BCUT2D eigenvalue weighted by atomic mass is 10.2. The smallest absolute Gasteiger partial charge is 0.252 e. The van der Waals surface area contributed by atoms with Crippen molar-refractivity contribution in [3.8, 4) is 0 Å². The van der Waals surface area contributed by atoms with Gasteiger partial charge in [-0.2, -0.15) is 4.98 Å². The Morgan fingerprint density at radius 1 is 1.50 bits per heavy atom. The van der Waals surface area contributed by atoms with Gasteiger partial charge in [0.25, 0.3) is 5.78 Å². The van der Waals surface area contributed by atoms with Crippen LogP contribution in [0, 0.1) is 0 Å². The molecule has 0 spiro atoms. The lowest BCUT2D eigenvalue weighted by Crippen LogP contribution is -2.04. The van der Waals surface area contributed by atoms with Gasteiger partial charge in [-0.1, -0.05) is 6.92 Å². The van der Waals surface area contributed by atoms with E-state index in [-0.39, 0.29) is 0 Å². The maximum absolute atomic E-state index is 5.46. The van der Waals surface area contributed by atoms with Crippen molar-refractivity contribution in [1.29, 1.82) is 0 Å². The number of hydrogen-bond acceptors (Lipinski definition) is 4. The normalized spacial score (nSPS) is 11.0. The van der Waals surface area contributed by atoms with Crippen LogP contribution in [0.25, 0.3) is 5.78 Å². The van der Waals surface area contributed by atoms with Crippen LogP contribution < -0.4 is 5.73 Å². The molecular formula is C9H13N5. The average Bonchev–Trinajstić information content (AvgIpc) is 2.60. The maximum Gasteiger partial charge on any atom is 0.252 e. The van der Waals surface area contributed by atoms with Crippen molar-refractivity contribution in [3.05, 3.63) is 23.8 Å². The van der Waals surface area contributed by atoms with Crippen LogP contribution in [0.2, 0.25) is 0 Å². The van der Waals surface area contributed by atoms with E-state index in [9.17, 15) is 0 Å². The Morgan fingerprint density at radius 2 is 2.36 bits per heavy atom. The van der Waals surface area contributed by atoms with Crippen LogP contribution in [0.4, 0.5) is 0 Å². The fourth-order valence-electron chi connectivity index (χ4n) is 1.31. The van der Waals surface area contributed by atoms with Crippen molar-refractivity contribution < 1.29 is 0 Å². The standard InChI is InChI=1S/C9H13N5/c1-2-8-12-9-11-5-7(3-4-10)6-14(9)13-8/h5-6H,2-4,10H2,1H3. The second kappa shape index (κ2) is 3.71. The molecule has 2 N–H and O–H groups in total. The Labute approximate surface area is 82.0 Å². The third-order valence-electron chi connectivity index (χ3n) is 2.04. The zero-order valence-corrected chi connectivity index (χ0v) is 8.14. The summed E-state index contributed by atoms with van der Waals surface area (Å²) in [7, 11) is 0. The van der Waals surface area contributed by atoms with Crippen molar-refractivity contribution >= 4 is 5.78 Å². The van der Waals surface area contributed by atoms with Crippen molar-refractivity contribution in [2.45, 2.75) is 19.8 Å². The van der Waals surface area contributed by atoms with Crippen LogP contribution in [0.15, 0.2) is 12.4 Å². The van der Waals surface area contributed by atoms with Crippen molar-refractivity contribution in [2.24, 2.45) is 5.73 Å². The van der Waals surface area contributed by atoms with E-state index < -0.39 is 0 Å². The predicted molar refractivity (Wildman–Crippen MR) is 52.9 cm³/mol. The second-order valence-corrected chi connectivity index (χ2v) is 3.13. The first-order chi connectivity index (χ1) is 6.83. The van der Waals surface area contributed by atoms with Crippen LogP contribution in [-0.4, -0.2) is 26.1 Å². The number of nitrogens with zero attached hydrogens (tertiary/aromatic N) is 4. The molecule has 0 unspecified atom stereocenters. The summed E-state index contributed by atoms with van der Waals surface area (Å²) < 4.78 is 1.71. The first-order valence-corrected chi connectivity index (χ1v) is 4.73. The van der Waals surface area contributed by atoms with Gasteiger partial charge in [0, 0.05) is 18.8 Å². The summed E-state index contributed by atoms with van der Waals surface area (Å²) in [4.78, 5) is 8.44. The average molecular weight is 191 g/mol. The number of rotatable bonds is 3. The van der Waals surface area contributed by atoms with Crippen molar-refractivity contribution in [3.63, 3.8) is 0 Å². The monoisotopic (exact) mass is 191 g/mol. The summed E-state index contributed by atoms with van der Waals surface area (Å²) in [6.07, 6.45) is 5.39. The lowest BCUT2D eigenvalue weighted by Gasteiger charge is -1.96. The molecule has 2 rings (SSSR count). The molecule has 2 aromatic rings. The Balaban J connectivity index is 2.43. The summed E-state index contributed by atoms with van der Waals surface area (Å²) in [6, 6.07) is 0. The molecule has 0 amide bonds. The van der Waals surface area contributed by atoms with Gasteiger partial charge in [-0.25, -0.2) is 9.50 Å². The van der Waals surface area contributed by atoms with Gasteiger partial charge in [0.05, 0.1) is 0 Å². The van der Waals surface area contributed by atoms with E-state index in [2.05, 4.69) is 15.1 Å². The van der Waals surface area contributed by atoms with Crippen molar-refractivity contribution in [2.75, 3.05) is 6.54 Å². The fourth-order valence-corrected chi connectivity index (χ4v) is 1.31. The van der Waals surface area contributed by atoms with E-state index in [0.29, 0.717) is 12.3 Å². The minimum atomic E-state index is 0.627. The highest BCUT2D eigenvalue weighted by Gasteiger charge is 2.02. The molecule has 0 saturated heterocycles. The Morgan fingerprint density at radius 3 is 3.07 bits per heavy atom. The Bertz CT molecular complexity index is 434. The number of aromatic nitrogens is 4. The summed E-state index contributed by atoms with van der Waals surface area (Å²) in [6.45, 7) is 2.65. The van der Waals surface area contributed by atoms with Crippen LogP contribution in [-0.2, 0) is 12.8 Å². The van der Waals surface area contributed by atoms with Crippen LogP contribution in [0.3, 0.4) is 0 Å². The first kappa shape index (κ1) is 9.08. The van der Waals surface area contributed by atoms with Crippen LogP contribution in [0.5, 0.6) is 0 Å². The molecule has 0 bridgehead atoms. The van der Waals surface area contributed by atoms with Gasteiger partial charge in [0.2, 0.25) is 0 Å². The fraction of sp³-hybridized carbons (Fsp3) is 0.444. The molecule has 0 saturated carbocycles. The summed E-state index contributed by atoms with van der Waals surface area (Å²) in [5.41, 5.74) is 6.55. The summed E-state index contributed by atoms with van der Waals surface area (Å²) in [5.74, 6) is 1.48.